The van der Waals surface area contributed by atoms with Gasteiger partial charge in [0, 0.05) is 38.8 Å². The molecule has 2 aliphatic rings. The van der Waals surface area contributed by atoms with Crippen LogP contribution in [0.3, 0.4) is 0 Å². The predicted molar refractivity (Wildman–Crippen MR) is 79.3 cm³/mol. The molecular formula is C14H23N5O. The van der Waals surface area contributed by atoms with Gasteiger partial charge in [0.2, 0.25) is 0 Å². The Hall–Kier alpha value is -1.40. The highest BCUT2D eigenvalue weighted by molar-refractivity contribution is 5.43. The molecule has 3 rings (SSSR count). The summed E-state index contributed by atoms with van der Waals surface area (Å²) < 4.78 is 1.64. The number of hydrogen-bond donors (Lipinski definition) is 1. The van der Waals surface area contributed by atoms with Crippen LogP contribution in [-0.4, -0.2) is 61.0 Å². The van der Waals surface area contributed by atoms with Crippen molar-refractivity contribution >= 4 is 5.69 Å². The van der Waals surface area contributed by atoms with Crippen molar-refractivity contribution in [1.82, 2.24) is 20.0 Å². The summed E-state index contributed by atoms with van der Waals surface area (Å²) in [6, 6.07) is 1.95. The van der Waals surface area contributed by atoms with E-state index < -0.39 is 0 Å². The molecule has 3 heterocycles. The SMILES string of the molecule is CN1CCN(c2cnn([C@H]3CCCNC3)c(=O)c2)CC1. The third kappa shape index (κ3) is 2.86. The summed E-state index contributed by atoms with van der Waals surface area (Å²) in [4.78, 5) is 16.8. The second kappa shape index (κ2) is 5.93. The van der Waals surface area contributed by atoms with Crippen LogP contribution in [0.5, 0.6) is 0 Å². The Morgan fingerprint density at radius 1 is 1.30 bits per heavy atom. The van der Waals surface area contributed by atoms with Crippen molar-refractivity contribution in [2.24, 2.45) is 0 Å². The third-order valence-electron chi connectivity index (χ3n) is 4.30. The van der Waals surface area contributed by atoms with Crippen LogP contribution in [0, 0.1) is 0 Å². The molecular weight excluding hydrogens is 254 g/mol. The molecule has 1 N–H and O–H groups in total. The standard InChI is InChI=1S/C14H23N5O/c1-17-5-7-18(8-6-17)13-9-14(20)19(16-11-13)12-3-2-4-15-10-12/h9,11-12,15H,2-8,10H2,1H3/t12-/m0/s1. The van der Waals surface area contributed by atoms with E-state index in [1.165, 1.54) is 0 Å². The topological polar surface area (TPSA) is 53.4 Å². The molecule has 1 atom stereocenters. The molecule has 0 saturated carbocycles. The molecule has 20 heavy (non-hydrogen) atoms. The zero-order chi connectivity index (χ0) is 13.9. The van der Waals surface area contributed by atoms with Crippen molar-refractivity contribution in [3.05, 3.63) is 22.6 Å². The molecule has 0 amide bonds. The van der Waals surface area contributed by atoms with Crippen LogP contribution < -0.4 is 15.8 Å². The minimum Gasteiger partial charge on any atom is -0.368 e. The average Bonchev–Trinajstić information content (AvgIpc) is 2.49. The fourth-order valence-electron chi connectivity index (χ4n) is 2.96. The second-order valence-electron chi connectivity index (χ2n) is 5.79. The second-order valence-corrected chi connectivity index (χ2v) is 5.79. The van der Waals surface area contributed by atoms with Gasteiger partial charge in [0.1, 0.15) is 0 Å². The maximum Gasteiger partial charge on any atom is 0.269 e. The van der Waals surface area contributed by atoms with Crippen LogP contribution in [0.4, 0.5) is 5.69 Å². The van der Waals surface area contributed by atoms with Crippen LogP contribution in [0.1, 0.15) is 18.9 Å². The number of hydrogen-bond acceptors (Lipinski definition) is 5. The molecule has 110 valence electrons. The number of nitrogens with zero attached hydrogens (tertiary/aromatic N) is 4. The van der Waals surface area contributed by atoms with Gasteiger partial charge in [-0.3, -0.25) is 4.79 Å². The lowest BCUT2D eigenvalue weighted by Crippen LogP contribution is -2.45. The van der Waals surface area contributed by atoms with Crippen molar-refractivity contribution in [1.29, 1.82) is 0 Å². The first-order valence-electron chi connectivity index (χ1n) is 7.47. The summed E-state index contributed by atoms with van der Waals surface area (Å²) >= 11 is 0. The molecule has 6 nitrogen and oxygen atoms in total. The first-order chi connectivity index (χ1) is 9.74. The number of anilines is 1. The van der Waals surface area contributed by atoms with Crippen molar-refractivity contribution in [2.45, 2.75) is 18.9 Å². The van der Waals surface area contributed by atoms with Gasteiger partial charge in [0.25, 0.3) is 5.56 Å². The molecule has 0 bridgehead atoms. The molecule has 6 heteroatoms. The van der Waals surface area contributed by atoms with Crippen LogP contribution in [0.15, 0.2) is 17.1 Å². The van der Waals surface area contributed by atoms with Gasteiger partial charge in [-0.15, -0.1) is 0 Å². The van der Waals surface area contributed by atoms with Gasteiger partial charge < -0.3 is 15.1 Å². The first-order valence-corrected chi connectivity index (χ1v) is 7.47. The predicted octanol–water partition coefficient (Wildman–Crippen LogP) is -0.0804. The first kappa shape index (κ1) is 13.6. The Bertz CT molecular complexity index is 501. The van der Waals surface area contributed by atoms with Gasteiger partial charge in [-0.25, -0.2) is 4.68 Å². The summed E-state index contributed by atoms with van der Waals surface area (Å²) in [6.07, 6.45) is 3.99. The van der Waals surface area contributed by atoms with Gasteiger partial charge in [-0.2, -0.15) is 5.10 Å². The smallest absolute Gasteiger partial charge is 0.269 e. The highest BCUT2D eigenvalue weighted by Gasteiger charge is 2.19. The van der Waals surface area contributed by atoms with Crippen molar-refractivity contribution in [3.63, 3.8) is 0 Å². The Morgan fingerprint density at radius 2 is 2.10 bits per heavy atom. The lowest BCUT2D eigenvalue weighted by Gasteiger charge is -2.34. The molecule has 0 unspecified atom stereocenters. The molecule has 1 aromatic heterocycles. The van der Waals surface area contributed by atoms with Gasteiger partial charge in [0.15, 0.2) is 0 Å². The Kier molecular flexibility index (Phi) is 4.03. The van der Waals surface area contributed by atoms with E-state index in [0.29, 0.717) is 0 Å². The van der Waals surface area contributed by atoms with E-state index in [-0.39, 0.29) is 11.6 Å². The fourth-order valence-corrected chi connectivity index (χ4v) is 2.96. The lowest BCUT2D eigenvalue weighted by atomic mass is 10.1. The monoisotopic (exact) mass is 277 g/mol. The van der Waals surface area contributed by atoms with E-state index in [1.54, 1.807) is 10.7 Å². The summed E-state index contributed by atoms with van der Waals surface area (Å²) in [5.41, 5.74) is 0.984. The van der Waals surface area contributed by atoms with Crippen LogP contribution in [0.2, 0.25) is 0 Å². The number of rotatable bonds is 2. The van der Waals surface area contributed by atoms with E-state index in [0.717, 1.165) is 57.8 Å². The Labute approximate surface area is 119 Å². The highest BCUT2D eigenvalue weighted by atomic mass is 16.1. The Morgan fingerprint density at radius 3 is 2.75 bits per heavy atom. The molecule has 2 fully saturated rings. The van der Waals surface area contributed by atoms with E-state index in [9.17, 15) is 4.79 Å². The number of aromatic nitrogens is 2. The quantitative estimate of drug-likeness (QED) is 0.819. The molecule has 2 aliphatic heterocycles. The van der Waals surface area contributed by atoms with Gasteiger partial charge in [-0.05, 0) is 26.4 Å². The normalized spacial score (nSPS) is 24.9. The van der Waals surface area contributed by atoms with Crippen molar-refractivity contribution < 1.29 is 0 Å². The minimum atomic E-state index is 0.0233. The van der Waals surface area contributed by atoms with Crippen LogP contribution in [0.25, 0.3) is 0 Å². The summed E-state index contributed by atoms with van der Waals surface area (Å²) in [6.45, 7) is 5.90. The van der Waals surface area contributed by atoms with E-state index in [4.69, 9.17) is 0 Å². The molecule has 0 radical (unpaired) electrons. The lowest BCUT2D eigenvalue weighted by molar-refractivity contribution is 0.311. The average molecular weight is 277 g/mol. The zero-order valence-corrected chi connectivity index (χ0v) is 12.1. The zero-order valence-electron chi connectivity index (χ0n) is 12.1. The number of piperidine rings is 1. The van der Waals surface area contributed by atoms with Gasteiger partial charge >= 0.3 is 0 Å². The van der Waals surface area contributed by atoms with Crippen LogP contribution in [-0.2, 0) is 0 Å². The molecule has 2 saturated heterocycles. The molecule has 1 aromatic rings. The van der Waals surface area contributed by atoms with E-state index in [2.05, 4.69) is 27.3 Å². The third-order valence-corrected chi connectivity index (χ3v) is 4.30. The molecule has 0 aliphatic carbocycles. The minimum absolute atomic E-state index is 0.0233. The largest absolute Gasteiger partial charge is 0.368 e. The maximum absolute atomic E-state index is 12.3. The van der Waals surface area contributed by atoms with Crippen LogP contribution >= 0.6 is 0 Å². The summed E-state index contributed by atoms with van der Waals surface area (Å²) in [5, 5.41) is 7.73. The molecule has 0 aromatic carbocycles. The number of nitrogens with one attached hydrogen (secondary N) is 1. The van der Waals surface area contributed by atoms with Gasteiger partial charge in [-0.1, -0.05) is 0 Å². The highest BCUT2D eigenvalue weighted by Crippen LogP contribution is 2.16. The van der Waals surface area contributed by atoms with E-state index in [1.807, 2.05) is 6.20 Å². The number of piperazine rings is 1. The van der Waals surface area contributed by atoms with Crippen molar-refractivity contribution in [2.75, 3.05) is 51.2 Å². The maximum atomic E-state index is 12.3. The van der Waals surface area contributed by atoms with Crippen molar-refractivity contribution in [3.8, 4) is 0 Å². The molecule has 0 spiro atoms. The number of likely N-dealkylation sites (N-methyl/N-ethyl adjacent to an activating group) is 1. The fraction of sp³-hybridized carbons (Fsp3) is 0.714. The Balaban J connectivity index is 1.75. The summed E-state index contributed by atoms with van der Waals surface area (Å²) in [5.74, 6) is 0. The summed E-state index contributed by atoms with van der Waals surface area (Å²) in [7, 11) is 2.13. The van der Waals surface area contributed by atoms with E-state index >= 15 is 0 Å². The van der Waals surface area contributed by atoms with Gasteiger partial charge in [0.05, 0.1) is 17.9 Å².